The molecule has 20 heavy (non-hydrogen) atoms. The number of nitrogens with two attached hydrogens (primary N) is 1. The van der Waals surface area contributed by atoms with Crippen molar-refractivity contribution in [2.24, 2.45) is 0 Å². The summed E-state index contributed by atoms with van der Waals surface area (Å²) in [5, 5.41) is 1.98. The van der Waals surface area contributed by atoms with E-state index in [4.69, 9.17) is 10.5 Å². The molecule has 102 valence electrons. The molecule has 0 aliphatic carbocycles. The molecular weight excluding hydrogens is 340 g/mol. The van der Waals surface area contributed by atoms with Gasteiger partial charge in [0.25, 0.3) is 0 Å². The minimum absolute atomic E-state index is 0.391. The molecule has 0 aliphatic rings. The predicted octanol–water partition coefficient (Wildman–Crippen LogP) is 4.03. The first-order valence-electron chi connectivity index (χ1n) is 5.84. The van der Waals surface area contributed by atoms with Crippen LogP contribution in [0.5, 0.6) is 0 Å². The van der Waals surface area contributed by atoms with Gasteiger partial charge < -0.3 is 15.5 Å². The van der Waals surface area contributed by atoms with Crippen LogP contribution in [0.4, 0.5) is 5.69 Å². The van der Waals surface area contributed by atoms with Gasteiger partial charge in [0.2, 0.25) is 0 Å². The van der Waals surface area contributed by atoms with Gasteiger partial charge in [-0.3, -0.25) is 0 Å². The zero-order valence-corrected chi connectivity index (χ0v) is 13.0. The Morgan fingerprint density at radius 3 is 2.95 bits per heavy atom. The van der Waals surface area contributed by atoms with Crippen molar-refractivity contribution in [3.05, 3.63) is 39.8 Å². The van der Waals surface area contributed by atoms with Crippen molar-refractivity contribution in [1.29, 1.82) is 0 Å². The third kappa shape index (κ3) is 2.01. The van der Waals surface area contributed by atoms with Gasteiger partial charge in [0, 0.05) is 16.6 Å². The van der Waals surface area contributed by atoms with Crippen molar-refractivity contribution in [2.45, 2.75) is 0 Å². The Bertz CT molecular complexity index is 807. The molecule has 2 heterocycles. The van der Waals surface area contributed by atoms with E-state index >= 15 is 0 Å². The molecule has 2 aromatic heterocycles. The summed E-state index contributed by atoms with van der Waals surface area (Å²) in [6.07, 6.45) is 0. The Balaban J connectivity index is 2.34. The number of hydrogen-bond donors (Lipinski definition) is 2. The van der Waals surface area contributed by atoms with E-state index < -0.39 is 5.97 Å². The fourth-order valence-corrected chi connectivity index (χ4v) is 3.83. The highest BCUT2D eigenvalue weighted by Gasteiger charge is 2.22. The lowest BCUT2D eigenvalue weighted by Gasteiger charge is -2.04. The summed E-state index contributed by atoms with van der Waals surface area (Å²) in [7, 11) is 1.37. The second kappa shape index (κ2) is 4.96. The molecule has 0 saturated carbocycles. The molecule has 3 N–H and O–H groups in total. The third-order valence-electron chi connectivity index (χ3n) is 3.04. The van der Waals surface area contributed by atoms with Gasteiger partial charge in [-0.15, -0.1) is 11.3 Å². The average molecular weight is 351 g/mol. The fraction of sp³-hybridized carbons (Fsp3) is 0.0714. The second-order valence-corrected chi connectivity index (χ2v) is 6.01. The van der Waals surface area contributed by atoms with E-state index in [0.717, 1.165) is 25.8 Å². The number of nitrogen functional groups attached to an aromatic ring is 1. The average Bonchev–Trinajstić information content (AvgIpc) is 2.98. The molecule has 0 amide bonds. The van der Waals surface area contributed by atoms with Crippen LogP contribution in [-0.2, 0) is 4.74 Å². The number of fused-ring (bicyclic) bond motifs is 1. The summed E-state index contributed by atoms with van der Waals surface area (Å²) in [6.45, 7) is 0. The number of carbonyl (C=O) groups excluding carboxylic acids is 1. The number of carbonyl (C=O) groups is 1. The highest BCUT2D eigenvalue weighted by Crippen LogP contribution is 2.40. The van der Waals surface area contributed by atoms with E-state index in [2.05, 4.69) is 20.9 Å². The number of H-pyrrole nitrogens is 1. The van der Waals surface area contributed by atoms with Crippen LogP contribution >= 0.6 is 27.3 Å². The Kier molecular flexibility index (Phi) is 3.27. The molecule has 6 heteroatoms. The van der Waals surface area contributed by atoms with Crippen LogP contribution in [0.1, 0.15) is 10.5 Å². The second-order valence-electron chi connectivity index (χ2n) is 4.28. The van der Waals surface area contributed by atoms with Gasteiger partial charge in [-0.25, -0.2) is 4.79 Å². The molecule has 4 nitrogen and oxygen atoms in total. The predicted molar refractivity (Wildman–Crippen MR) is 85.1 cm³/mol. The SMILES string of the molecule is COC(=O)c1[nH]c2c(Br)csc2c1-c1cccc(N)c1. The lowest BCUT2D eigenvalue weighted by Crippen LogP contribution is -2.03. The summed E-state index contributed by atoms with van der Waals surface area (Å²) >= 11 is 5.04. The van der Waals surface area contributed by atoms with Gasteiger partial charge in [0.15, 0.2) is 0 Å². The number of thiophene rings is 1. The van der Waals surface area contributed by atoms with Gasteiger partial charge >= 0.3 is 5.97 Å². The maximum absolute atomic E-state index is 12.0. The van der Waals surface area contributed by atoms with Gasteiger partial charge in [-0.1, -0.05) is 12.1 Å². The Morgan fingerprint density at radius 2 is 2.25 bits per heavy atom. The number of ether oxygens (including phenoxy) is 1. The molecule has 0 unspecified atom stereocenters. The lowest BCUT2D eigenvalue weighted by atomic mass is 10.1. The lowest BCUT2D eigenvalue weighted by molar-refractivity contribution is 0.0596. The van der Waals surface area contributed by atoms with Crippen LogP contribution in [-0.4, -0.2) is 18.1 Å². The van der Waals surface area contributed by atoms with E-state index in [1.165, 1.54) is 7.11 Å². The van der Waals surface area contributed by atoms with E-state index in [1.807, 2.05) is 29.6 Å². The van der Waals surface area contributed by atoms with Gasteiger partial charge in [-0.2, -0.15) is 0 Å². The van der Waals surface area contributed by atoms with Gasteiger partial charge in [0.05, 0.1) is 21.8 Å². The number of benzene rings is 1. The molecule has 0 radical (unpaired) electrons. The van der Waals surface area contributed by atoms with Crippen LogP contribution in [0, 0.1) is 0 Å². The Hall–Kier alpha value is -1.79. The number of aromatic amines is 1. The third-order valence-corrected chi connectivity index (χ3v) is 4.96. The normalized spacial score (nSPS) is 10.9. The molecule has 1 aromatic carbocycles. The molecule has 0 fully saturated rings. The molecule has 3 rings (SSSR count). The van der Waals surface area contributed by atoms with E-state index in [-0.39, 0.29) is 0 Å². The van der Waals surface area contributed by atoms with E-state index in [9.17, 15) is 4.79 Å². The molecule has 3 aromatic rings. The number of halogens is 1. The number of aromatic nitrogens is 1. The first kappa shape index (κ1) is 13.2. The smallest absolute Gasteiger partial charge is 0.355 e. The molecular formula is C14H11BrN2O2S. The monoisotopic (exact) mass is 350 g/mol. The maximum Gasteiger partial charge on any atom is 0.355 e. The minimum atomic E-state index is -0.391. The number of rotatable bonds is 2. The number of hydrogen-bond acceptors (Lipinski definition) is 4. The molecule has 0 saturated heterocycles. The standard InChI is InChI=1S/C14H11BrN2O2S/c1-19-14(18)12-10(7-3-2-4-8(16)5-7)13-11(17-12)9(15)6-20-13/h2-6,17H,16H2,1H3. The number of anilines is 1. The summed E-state index contributed by atoms with van der Waals surface area (Å²) in [4.78, 5) is 15.1. The first-order chi connectivity index (χ1) is 9.61. The van der Waals surface area contributed by atoms with Crippen molar-refractivity contribution >= 4 is 49.1 Å². The fourth-order valence-electron chi connectivity index (χ4n) is 2.16. The van der Waals surface area contributed by atoms with Crippen molar-refractivity contribution in [2.75, 3.05) is 12.8 Å². The van der Waals surface area contributed by atoms with Crippen molar-refractivity contribution < 1.29 is 9.53 Å². The molecule has 0 spiro atoms. The largest absolute Gasteiger partial charge is 0.464 e. The summed E-state index contributed by atoms with van der Waals surface area (Å²) in [5.41, 5.74) is 9.56. The zero-order chi connectivity index (χ0) is 14.3. The quantitative estimate of drug-likeness (QED) is 0.541. The van der Waals surface area contributed by atoms with Crippen molar-refractivity contribution in [1.82, 2.24) is 4.98 Å². The number of methoxy groups -OCH3 is 1. The minimum Gasteiger partial charge on any atom is -0.464 e. The van der Waals surface area contributed by atoms with Gasteiger partial charge in [0.1, 0.15) is 5.69 Å². The van der Waals surface area contributed by atoms with Crippen LogP contribution in [0.15, 0.2) is 34.1 Å². The summed E-state index contributed by atoms with van der Waals surface area (Å²) < 4.78 is 6.79. The Morgan fingerprint density at radius 1 is 1.45 bits per heavy atom. The molecule has 0 atom stereocenters. The van der Waals surface area contributed by atoms with Crippen molar-refractivity contribution in [3.63, 3.8) is 0 Å². The number of esters is 1. The van der Waals surface area contributed by atoms with Crippen LogP contribution < -0.4 is 5.73 Å². The molecule has 0 bridgehead atoms. The highest BCUT2D eigenvalue weighted by atomic mass is 79.9. The van der Waals surface area contributed by atoms with Crippen LogP contribution in [0.3, 0.4) is 0 Å². The van der Waals surface area contributed by atoms with E-state index in [0.29, 0.717) is 11.4 Å². The van der Waals surface area contributed by atoms with Crippen LogP contribution in [0.2, 0.25) is 0 Å². The van der Waals surface area contributed by atoms with Crippen LogP contribution in [0.25, 0.3) is 21.3 Å². The maximum atomic E-state index is 12.0. The van der Waals surface area contributed by atoms with E-state index in [1.54, 1.807) is 11.3 Å². The number of nitrogens with one attached hydrogen (secondary N) is 1. The van der Waals surface area contributed by atoms with Crippen molar-refractivity contribution in [3.8, 4) is 11.1 Å². The summed E-state index contributed by atoms with van der Waals surface area (Å²) in [5.74, 6) is -0.391. The van der Waals surface area contributed by atoms with Gasteiger partial charge in [-0.05, 0) is 33.6 Å². The first-order valence-corrected chi connectivity index (χ1v) is 7.52. The highest BCUT2D eigenvalue weighted by molar-refractivity contribution is 9.10. The molecule has 0 aliphatic heterocycles. The topological polar surface area (TPSA) is 68.1 Å². The Labute approximate surface area is 127 Å². The zero-order valence-electron chi connectivity index (χ0n) is 10.6. The summed E-state index contributed by atoms with van der Waals surface area (Å²) in [6, 6.07) is 7.46.